The molecule has 3 N–H and O–H groups in total. The molecule has 0 aliphatic rings. The Morgan fingerprint density at radius 1 is 1.44 bits per heavy atom. The number of rotatable bonds is 6. The summed E-state index contributed by atoms with van der Waals surface area (Å²) in [6, 6.07) is 4.04. The van der Waals surface area contributed by atoms with Gasteiger partial charge in [0.2, 0.25) is 5.91 Å². The number of carbonyl (C=O) groups excluding carboxylic acids is 2. The molecule has 98 valence electrons. The molecule has 1 aromatic carbocycles. The zero-order valence-electron chi connectivity index (χ0n) is 10.0. The molecule has 0 aliphatic heterocycles. The lowest BCUT2D eigenvalue weighted by Gasteiger charge is -2.07. The van der Waals surface area contributed by atoms with Crippen molar-refractivity contribution in [1.29, 1.82) is 0 Å². The van der Waals surface area contributed by atoms with E-state index >= 15 is 0 Å². The highest BCUT2D eigenvalue weighted by molar-refractivity contribution is 5.94. The summed E-state index contributed by atoms with van der Waals surface area (Å²) in [7, 11) is 0. The predicted molar refractivity (Wildman–Crippen MR) is 63.5 cm³/mol. The second-order valence-corrected chi connectivity index (χ2v) is 3.72. The highest BCUT2D eigenvalue weighted by atomic mass is 19.1. The molecule has 1 aromatic rings. The summed E-state index contributed by atoms with van der Waals surface area (Å²) in [5, 5.41) is 0. The van der Waals surface area contributed by atoms with Crippen LogP contribution in [-0.2, 0) is 4.79 Å². The third-order valence-corrected chi connectivity index (χ3v) is 2.30. The molecule has 0 aliphatic carbocycles. The van der Waals surface area contributed by atoms with Crippen LogP contribution in [0.25, 0.3) is 0 Å². The van der Waals surface area contributed by atoms with E-state index in [9.17, 15) is 14.0 Å². The summed E-state index contributed by atoms with van der Waals surface area (Å²) in [5.74, 6) is 4.01. The summed E-state index contributed by atoms with van der Waals surface area (Å²) in [6.07, 6.45) is 0.712. The van der Waals surface area contributed by atoms with E-state index in [0.29, 0.717) is 12.2 Å². The van der Waals surface area contributed by atoms with Crippen molar-refractivity contribution >= 4 is 11.7 Å². The third kappa shape index (κ3) is 4.14. The van der Waals surface area contributed by atoms with Crippen LogP contribution in [0.3, 0.4) is 0 Å². The van der Waals surface area contributed by atoms with Crippen LogP contribution in [0.15, 0.2) is 18.2 Å². The first kappa shape index (κ1) is 14.1. The molecule has 0 unspecified atom stereocenters. The molecule has 0 aromatic heterocycles. The van der Waals surface area contributed by atoms with Gasteiger partial charge in [-0.3, -0.25) is 15.0 Å². The highest BCUT2D eigenvalue weighted by Crippen LogP contribution is 2.17. The van der Waals surface area contributed by atoms with E-state index in [4.69, 9.17) is 10.6 Å². The van der Waals surface area contributed by atoms with Gasteiger partial charge in [0.05, 0.1) is 12.2 Å². The Bertz CT molecular complexity index is 449. The molecule has 18 heavy (non-hydrogen) atoms. The molecule has 0 bridgehead atoms. The molecule has 0 spiro atoms. The van der Waals surface area contributed by atoms with Crippen molar-refractivity contribution in [2.45, 2.75) is 19.8 Å². The third-order valence-electron chi connectivity index (χ3n) is 2.30. The van der Waals surface area contributed by atoms with E-state index < -0.39 is 5.82 Å². The van der Waals surface area contributed by atoms with Gasteiger partial charge in [0.15, 0.2) is 5.78 Å². The largest absolute Gasteiger partial charge is 0.493 e. The normalized spacial score (nSPS) is 9.94. The number of nitrogens with two attached hydrogens (primary N) is 1. The first-order valence-corrected chi connectivity index (χ1v) is 5.47. The quantitative estimate of drug-likeness (QED) is 0.262. The van der Waals surface area contributed by atoms with Crippen LogP contribution in [0.2, 0.25) is 0 Å². The van der Waals surface area contributed by atoms with E-state index in [0.717, 1.165) is 6.07 Å². The van der Waals surface area contributed by atoms with Gasteiger partial charge in [0.1, 0.15) is 11.6 Å². The molecule has 0 saturated heterocycles. The van der Waals surface area contributed by atoms with Crippen molar-refractivity contribution in [3.63, 3.8) is 0 Å². The first-order chi connectivity index (χ1) is 8.54. The Balaban J connectivity index is 2.46. The number of hydrogen-bond acceptors (Lipinski definition) is 4. The van der Waals surface area contributed by atoms with Gasteiger partial charge in [-0.1, -0.05) is 0 Å². The van der Waals surface area contributed by atoms with Gasteiger partial charge in [0, 0.05) is 12.5 Å². The zero-order chi connectivity index (χ0) is 13.5. The van der Waals surface area contributed by atoms with Crippen molar-refractivity contribution in [3.05, 3.63) is 29.6 Å². The Morgan fingerprint density at radius 3 is 2.72 bits per heavy atom. The second-order valence-electron chi connectivity index (χ2n) is 3.72. The lowest BCUT2D eigenvalue weighted by atomic mass is 10.1. The average Bonchev–Trinajstić information content (AvgIpc) is 2.34. The number of carbonyl (C=O) groups is 2. The molecule has 1 rings (SSSR count). The maximum Gasteiger partial charge on any atom is 0.234 e. The minimum absolute atomic E-state index is 0.0323. The topological polar surface area (TPSA) is 81.4 Å². The van der Waals surface area contributed by atoms with Gasteiger partial charge in [-0.2, -0.15) is 0 Å². The molecule has 0 radical (unpaired) electrons. The van der Waals surface area contributed by atoms with Crippen LogP contribution in [0, 0.1) is 5.82 Å². The van der Waals surface area contributed by atoms with Crippen molar-refractivity contribution in [2.24, 2.45) is 5.84 Å². The number of Topliss-reactive ketones (excluding diaryl/α,β-unsaturated/α-hetero) is 1. The summed E-state index contributed by atoms with van der Waals surface area (Å²) in [5.41, 5.74) is 2.03. The number of nitrogens with one attached hydrogen (secondary N) is 1. The number of ketones is 1. The molecule has 0 saturated carbocycles. The molecule has 0 atom stereocenters. The Hall–Kier alpha value is -1.95. The van der Waals surface area contributed by atoms with E-state index in [1.807, 2.05) is 5.43 Å². The van der Waals surface area contributed by atoms with Gasteiger partial charge in [-0.05, 0) is 25.5 Å². The SMILES string of the molecule is CC(=O)c1ccc(OCCCC(=O)NN)cc1F. The Morgan fingerprint density at radius 2 is 2.17 bits per heavy atom. The fourth-order valence-corrected chi connectivity index (χ4v) is 1.37. The van der Waals surface area contributed by atoms with Crippen LogP contribution in [0.1, 0.15) is 30.1 Å². The lowest BCUT2D eigenvalue weighted by Crippen LogP contribution is -2.29. The minimum atomic E-state index is -0.611. The van der Waals surface area contributed by atoms with Gasteiger partial charge in [-0.25, -0.2) is 10.2 Å². The zero-order valence-corrected chi connectivity index (χ0v) is 10.0. The van der Waals surface area contributed by atoms with Crippen molar-refractivity contribution in [2.75, 3.05) is 6.61 Å². The monoisotopic (exact) mass is 254 g/mol. The van der Waals surface area contributed by atoms with Crippen LogP contribution >= 0.6 is 0 Å². The lowest BCUT2D eigenvalue weighted by molar-refractivity contribution is -0.121. The number of hydrogen-bond donors (Lipinski definition) is 2. The van der Waals surface area contributed by atoms with Gasteiger partial charge >= 0.3 is 0 Å². The van der Waals surface area contributed by atoms with Gasteiger partial charge in [0.25, 0.3) is 0 Å². The number of amides is 1. The van der Waals surface area contributed by atoms with E-state index in [2.05, 4.69) is 0 Å². The molecule has 5 nitrogen and oxygen atoms in total. The summed E-state index contributed by atoms with van der Waals surface area (Å²) in [6.45, 7) is 1.57. The average molecular weight is 254 g/mol. The van der Waals surface area contributed by atoms with Gasteiger partial charge < -0.3 is 4.74 Å². The highest BCUT2D eigenvalue weighted by Gasteiger charge is 2.08. The molecular formula is C12H15FN2O3. The fourth-order valence-electron chi connectivity index (χ4n) is 1.37. The van der Waals surface area contributed by atoms with Crippen molar-refractivity contribution in [3.8, 4) is 5.75 Å². The maximum atomic E-state index is 13.4. The van der Waals surface area contributed by atoms with Crippen molar-refractivity contribution < 1.29 is 18.7 Å². The van der Waals surface area contributed by atoms with Crippen molar-refractivity contribution in [1.82, 2.24) is 5.43 Å². The number of halogens is 1. The molecular weight excluding hydrogens is 239 g/mol. The van der Waals surface area contributed by atoms with E-state index in [1.54, 1.807) is 0 Å². The maximum absolute atomic E-state index is 13.4. The second kappa shape index (κ2) is 6.70. The fraction of sp³-hybridized carbons (Fsp3) is 0.333. The van der Waals surface area contributed by atoms with E-state index in [1.165, 1.54) is 19.1 Å². The first-order valence-electron chi connectivity index (χ1n) is 5.47. The Kier molecular flexibility index (Phi) is 5.26. The number of ether oxygens (including phenoxy) is 1. The Labute approximate surface area is 104 Å². The summed E-state index contributed by atoms with van der Waals surface area (Å²) in [4.78, 5) is 21.8. The standard InChI is InChI=1S/C12H15FN2O3/c1-8(16)10-5-4-9(7-11(10)13)18-6-2-3-12(17)15-14/h4-5,7H,2-3,6,14H2,1H3,(H,15,17). The molecule has 0 fully saturated rings. The molecule has 1 amide bonds. The predicted octanol–water partition coefficient (Wildman–Crippen LogP) is 1.18. The number of hydrazine groups is 1. The number of benzene rings is 1. The summed E-state index contributed by atoms with van der Waals surface area (Å²) >= 11 is 0. The van der Waals surface area contributed by atoms with Crippen LogP contribution in [0.5, 0.6) is 5.75 Å². The summed E-state index contributed by atoms with van der Waals surface area (Å²) < 4.78 is 18.7. The van der Waals surface area contributed by atoms with Gasteiger partial charge in [-0.15, -0.1) is 0 Å². The van der Waals surface area contributed by atoms with E-state index in [-0.39, 0.29) is 30.3 Å². The molecule has 6 heteroatoms. The van der Waals surface area contributed by atoms with Crippen LogP contribution in [-0.4, -0.2) is 18.3 Å². The minimum Gasteiger partial charge on any atom is -0.493 e. The smallest absolute Gasteiger partial charge is 0.234 e. The van der Waals surface area contributed by atoms with Crippen LogP contribution in [0.4, 0.5) is 4.39 Å². The van der Waals surface area contributed by atoms with Crippen LogP contribution < -0.4 is 16.0 Å². The molecule has 0 heterocycles.